The molecule has 0 spiro atoms. The smallest absolute Gasteiger partial charge is 0.304 e. The average molecular weight is 300 g/mol. The number of aliphatic carboxylic acids is 1. The summed E-state index contributed by atoms with van der Waals surface area (Å²) in [6.07, 6.45) is 0.126. The van der Waals surface area contributed by atoms with Crippen molar-refractivity contribution < 1.29 is 9.90 Å². The molecule has 0 radical (unpaired) electrons. The topological polar surface area (TPSA) is 37.3 Å². The second kappa shape index (κ2) is 7.32. The molecule has 0 amide bonds. The average Bonchev–Trinajstić information content (AvgIpc) is 2.47. The van der Waals surface area contributed by atoms with Crippen molar-refractivity contribution in [2.75, 3.05) is 0 Å². The Morgan fingerprint density at radius 1 is 1.00 bits per heavy atom. The molecule has 2 nitrogen and oxygen atoms in total. The van der Waals surface area contributed by atoms with E-state index in [0.717, 1.165) is 10.5 Å². The Balaban J connectivity index is 2.17. The Hall–Kier alpha value is -1.74. The Kier molecular flexibility index (Phi) is 5.45. The van der Waals surface area contributed by atoms with Gasteiger partial charge < -0.3 is 5.11 Å². The molecule has 0 aliphatic heterocycles. The molecule has 0 fully saturated rings. The van der Waals surface area contributed by atoms with Crippen molar-refractivity contribution in [3.8, 4) is 0 Å². The summed E-state index contributed by atoms with van der Waals surface area (Å²) in [7, 11) is 0. The molecule has 0 saturated carbocycles. The van der Waals surface area contributed by atoms with Crippen LogP contribution in [0.5, 0.6) is 0 Å². The molecule has 0 saturated heterocycles. The zero-order chi connectivity index (χ0) is 15.2. The summed E-state index contributed by atoms with van der Waals surface area (Å²) in [6.45, 7) is 4.33. The number of hydrogen-bond donors (Lipinski definition) is 1. The molecule has 110 valence electrons. The van der Waals surface area contributed by atoms with Gasteiger partial charge in [-0.1, -0.05) is 56.3 Å². The summed E-state index contributed by atoms with van der Waals surface area (Å²) in [6, 6.07) is 18.2. The Morgan fingerprint density at radius 2 is 1.62 bits per heavy atom. The quantitative estimate of drug-likeness (QED) is 0.752. The molecular weight excluding hydrogens is 280 g/mol. The van der Waals surface area contributed by atoms with Crippen LogP contribution in [0, 0.1) is 0 Å². The highest BCUT2D eigenvalue weighted by atomic mass is 32.2. The Bertz CT molecular complexity index is 576. The first-order valence-electron chi connectivity index (χ1n) is 7.09. The van der Waals surface area contributed by atoms with E-state index in [0.29, 0.717) is 5.92 Å². The van der Waals surface area contributed by atoms with Crippen LogP contribution < -0.4 is 0 Å². The van der Waals surface area contributed by atoms with Crippen molar-refractivity contribution in [2.24, 2.45) is 0 Å². The minimum atomic E-state index is -0.768. The standard InChI is InChI=1S/C18H20O2S/c1-13(2)14-8-10-16(11-9-14)21-17(12-18(19)20)15-6-4-3-5-7-15/h3-11,13,17H,12H2,1-2H3,(H,19,20). The molecule has 2 aromatic carbocycles. The third-order valence-corrected chi connectivity index (χ3v) is 4.62. The maximum atomic E-state index is 11.1. The van der Waals surface area contributed by atoms with Gasteiger partial charge in [-0.05, 0) is 29.2 Å². The third kappa shape index (κ3) is 4.64. The fourth-order valence-corrected chi connectivity index (χ4v) is 3.29. The van der Waals surface area contributed by atoms with Gasteiger partial charge in [0, 0.05) is 10.1 Å². The first-order valence-corrected chi connectivity index (χ1v) is 7.97. The lowest BCUT2D eigenvalue weighted by Crippen LogP contribution is -2.03. The van der Waals surface area contributed by atoms with Crippen molar-refractivity contribution in [2.45, 2.75) is 36.3 Å². The predicted molar refractivity (Wildman–Crippen MR) is 87.8 cm³/mol. The molecule has 0 aromatic heterocycles. The normalized spacial score (nSPS) is 12.3. The number of rotatable bonds is 6. The van der Waals surface area contributed by atoms with E-state index in [4.69, 9.17) is 5.11 Å². The van der Waals surface area contributed by atoms with Crippen molar-refractivity contribution in [3.05, 3.63) is 65.7 Å². The fraction of sp³-hybridized carbons (Fsp3) is 0.278. The van der Waals surface area contributed by atoms with Crippen molar-refractivity contribution in [1.29, 1.82) is 0 Å². The van der Waals surface area contributed by atoms with Gasteiger partial charge in [-0.2, -0.15) is 0 Å². The molecule has 0 aliphatic rings. The summed E-state index contributed by atoms with van der Waals surface area (Å²) >= 11 is 1.61. The van der Waals surface area contributed by atoms with Crippen molar-refractivity contribution in [3.63, 3.8) is 0 Å². The van der Waals surface area contributed by atoms with Crippen LogP contribution in [0.4, 0.5) is 0 Å². The van der Waals surface area contributed by atoms with Gasteiger partial charge in [-0.15, -0.1) is 11.8 Å². The highest BCUT2D eigenvalue weighted by Crippen LogP contribution is 2.38. The maximum absolute atomic E-state index is 11.1. The largest absolute Gasteiger partial charge is 0.481 e. The van der Waals surface area contributed by atoms with Gasteiger partial charge in [0.05, 0.1) is 6.42 Å². The van der Waals surface area contributed by atoms with Gasteiger partial charge in [0.2, 0.25) is 0 Å². The molecule has 0 aliphatic carbocycles. The van der Waals surface area contributed by atoms with Gasteiger partial charge in [0.1, 0.15) is 0 Å². The fourth-order valence-electron chi connectivity index (χ4n) is 2.15. The summed E-state index contributed by atoms with van der Waals surface area (Å²) in [5.74, 6) is -0.261. The molecule has 2 rings (SSSR count). The lowest BCUT2D eigenvalue weighted by molar-refractivity contribution is -0.137. The van der Waals surface area contributed by atoms with Crippen LogP contribution in [0.25, 0.3) is 0 Å². The molecule has 0 heterocycles. The first kappa shape index (κ1) is 15.6. The molecule has 21 heavy (non-hydrogen) atoms. The molecule has 1 atom stereocenters. The second-order valence-electron chi connectivity index (χ2n) is 5.34. The number of benzene rings is 2. The number of carboxylic acid groups (broad SMARTS) is 1. The lowest BCUT2D eigenvalue weighted by atomic mass is 10.0. The number of carbonyl (C=O) groups is 1. The van der Waals surface area contributed by atoms with Crippen LogP contribution >= 0.6 is 11.8 Å². The van der Waals surface area contributed by atoms with Crippen LogP contribution in [0.1, 0.15) is 42.6 Å². The van der Waals surface area contributed by atoms with Crippen LogP contribution in [0.3, 0.4) is 0 Å². The number of hydrogen-bond acceptors (Lipinski definition) is 2. The van der Waals surface area contributed by atoms with E-state index in [9.17, 15) is 4.79 Å². The van der Waals surface area contributed by atoms with Crippen molar-refractivity contribution >= 4 is 17.7 Å². The van der Waals surface area contributed by atoms with E-state index in [2.05, 4.69) is 38.1 Å². The van der Waals surface area contributed by atoms with Gasteiger partial charge in [-0.25, -0.2) is 0 Å². The van der Waals surface area contributed by atoms with Crippen LogP contribution in [0.2, 0.25) is 0 Å². The number of carboxylic acids is 1. The molecule has 0 bridgehead atoms. The van der Waals surface area contributed by atoms with E-state index in [1.165, 1.54) is 5.56 Å². The van der Waals surface area contributed by atoms with E-state index < -0.39 is 5.97 Å². The summed E-state index contributed by atoms with van der Waals surface area (Å²) < 4.78 is 0. The monoisotopic (exact) mass is 300 g/mol. The van der Waals surface area contributed by atoms with Crippen molar-refractivity contribution in [1.82, 2.24) is 0 Å². The highest BCUT2D eigenvalue weighted by molar-refractivity contribution is 7.99. The van der Waals surface area contributed by atoms with Gasteiger partial charge in [-0.3, -0.25) is 4.79 Å². The Morgan fingerprint density at radius 3 is 2.14 bits per heavy atom. The molecule has 1 N–H and O–H groups in total. The first-order chi connectivity index (χ1) is 10.1. The van der Waals surface area contributed by atoms with Gasteiger partial charge in [0.15, 0.2) is 0 Å². The summed E-state index contributed by atoms with van der Waals surface area (Å²) in [5, 5.41) is 9.07. The third-order valence-electron chi connectivity index (χ3n) is 3.36. The maximum Gasteiger partial charge on any atom is 0.304 e. The second-order valence-corrected chi connectivity index (χ2v) is 6.61. The lowest BCUT2D eigenvalue weighted by Gasteiger charge is -2.15. The van der Waals surface area contributed by atoms with E-state index in [1.807, 2.05) is 30.3 Å². The highest BCUT2D eigenvalue weighted by Gasteiger charge is 2.17. The van der Waals surface area contributed by atoms with Crippen LogP contribution in [0.15, 0.2) is 59.5 Å². The minimum absolute atomic E-state index is 0.0615. The zero-order valence-electron chi connectivity index (χ0n) is 12.3. The van der Waals surface area contributed by atoms with Crippen LogP contribution in [-0.2, 0) is 4.79 Å². The summed E-state index contributed by atoms with van der Waals surface area (Å²) in [4.78, 5) is 12.2. The Labute approximate surface area is 130 Å². The van der Waals surface area contributed by atoms with Crippen LogP contribution in [-0.4, -0.2) is 11.1 Å². The molecule has 2 aromatic rings. The minimum Gasteiger partial charge on any atom is -0.481 e. The predicted octanol–water partition coefficient (Wildman–Crippen LogP) is 5.12. The van der Waals surface area contributed by atoms with E-state index >= 15 is 0 Å². The van der Waals surface area contributed by atoms with Gasteiger partial charge in [0.25, 0.3) is 0 Å². The molecular formula is C18H20O2S. The van der Waals surface area contributed by atoms with Gasteiger partial charge >= 0.3 is 5.97 Å². The van der Waals surface area contributed by atoms with E-state index in [1.54, 1.807) is 11.8 Å². The van der Waals surface area contributed by atoms with E-state index in [-0.39, 0.29) is 11.7 Å². The number of thioether (sulfide) groups is 1. The zero-order valence-corrected chi connectivity index (χ0v) is 13.1. The molecule has 1 unspecified atom stereocenters. The SMILES string of the molecule is CC(C)c1ccc(SC(CC(=O)O)c2ccccc2)cc1. The summed E-state index contributed by atoms with van der Waals surface area (Å²) in [5.41, 5.74) is 2.35. The molecule has 3 heteroatoms.